The van der Waals surface area contributed by atoms with Crippen molar-refractivity contribution in [3.05, 3.63) is 41.9 Å². The number of methoxy groups -OCH3 is 2. The van der Waals surface area contributed by atoms with E-state index in [1.807, 2.05) is 0 Å². The minimum atomic E-state index is -0.690. The van der Waals surface area contributed by atoms with Crippen LogP contribution in [0.5, 0.6) is 0 Å². The van der Waals surface area contributed by atoms with E-state index in [1.54, 1.807) is 12.1 Å². The lowest BCUT2D eigenvalue weighted by molar-refractivity contribution is -0.139. The van der Waals surface area contributed by atoms with Gasteiger partial charge in [0.2, 0.25) is 5.76 Å². The third-order valence-electron chi connectivity index (χ3n) is 1.83. The first kappa shape index (κ1) is 11.9. The van der Waals surface area contributed by atoms with Crippen molar-refractivity contribution in [3.63, 3.8) is 0 Å². The molecule has 0 unspecified atom stereocenters. The molecule has 5 heteroatoms. The zero-order valence-electron chi connectivity index (χ0n) is 8.97. The van der Waals surface area contributed by atoms with Crippen molar-refractivity contribution >= 4 is 11.8 Å². The zero-order chi connectivity index (χ0) is 12.0. The molecule has 1 aromatic rings. The predicted octanol–water partition coefficient (Wildman–Crippen LogP) is 0.968. The minimum absolute atomic E-state index is 0.135. The Labute approximate surface area is 92.7 Å². The summed E-state index contributed by atoms with van der Waals surface area (Å²) in [7, 11) is 2.51. The van der Waals surface area contributed by atoms with Crippen LogP contribution in [-0.4, -0.2) is 31.0 Å². The SMILES string of the molecule is COC(=O)C(=CC(=O)c1ccncc1)OC. The Kier molecular flexibility index (Phi) is 4.20. The molecule has 0 saturated heterocycles. The standard InChI is InChI=1S/C11H11NO4/c1-15-10(11(14)16-2)7-9(13)8-3-5-12-6-4-8/h3-7H,1-2H3. The lowest BCUT2D eigenvalue weighted by Gasteiger charge is -2.02. The molecule has 16 heavy (non-hydrogen) atoms. The van der Waals surface area contributed by atoms with Crippen molar-refractivity contribution in [2.75, 3.05) is 14.2 Å². The van der Waals surface area contributed by atoms with Crippen LogP contribution in [0.1, 0.15) is 10.4 Å². The number of esters is 1. The zero-order valence-corrected chi connectivity index (χ0v) is 8.97. The third kappa shape index (κ3) is 2.91. The molecule has 0 fully saturated rings. The Morgan fingerprint density at radius 1 is 1.19 bits per heavy atom. The van der Waals surface area contributed by atoms with Crippen LogP contribution in [0.4, 0.5) is 0 Å². The summed E-state index contributed by atoms with van der Waals surface area (Å²) in [5, 5.41) is 0. The maximum absolute atomic E-state index is 11.6. The lowest BCUT2D eigenvalue weighted by Crippen LogP contribution is -2.09. The van der Waals surface area contributed by atoms with E-state index in [-0.39, 0.29) is 11.5 Å². The van der Waals surface area contributed by atoms with Gasteiger partial charge in [-0.3, -0.25) is 9.78 Å². The Morgan fingerprint density at radius 3 is 2.31 bits per heavy atom. The summed E-state index contributed by atoms with van der Waals surface area (Å²) in [6.45, 7) is 0. The molecule has 0 saturated carbocycles. The molecule has 0 atom stereocenters. The van der Waals surface area contributed by atoms with E-state index in [9.17, 15) is 9.59 Å². The van der Waals surface area contributed by atoms with E-state index in [0.29, 0.717) is 5.56 Å². The smallest absolute Gasteiger partial charge is 0.373 e. The highest BCUT2D eigenvalue weighted by atomic mass is 16.6. The van der Waals surface area contributed by atoms with Crippen LogP contribution in [0.15, 0.2) is 36.4 Å². The number of carbonyl (C=O) groups is 2. The number of carbonyl (C=O) groups excluding carboxylic acids is 2. The number of rotatable bonds is 4. The Morgan fingerprint density at radius 2 is 1.81 bits per heavy atom. The second-order valence-electron chi connectivity index (χ2n) is 2.80. The Hall–Kier alpha value is -2.17. The maximum atomic E-state index is 11.6. The molecule has 1 aromatic heterocycles. The molecular weight excluding hydrogens is 210 g/mol. The summed E-state index contributed by atoms with van der Waals surface area (Å²) in [6, 6.07) is 3.09. The second kappa shape index (κ2) is 5.65. The Balaban J connectivity index is 2.91. The number of ketones is 1. The highest BCUT2D eigenvalue weighted by Gasteiger charge is 2.12. The van der Waals surface area contributed by atoms with Gasteiger partial charge in [-0.1, -0.05) is 0 Å². The first-order chi connectivity index (χ1) is 7.69. The molecule has 0 amide bonds. The van der Waals surface area contributed by atoms with E-state index >= 15 is 0 Å². The summed E-state index contributed by atoms with van der Waals surface area (Å²) >= 11 is 0. The third-order valence-corrected chi connectivity index (χ3v) is 1.83. The number of aromatic nitrogens is 1. The van der Waals surface area contributed by atoms with Crippen molar-refractivity contribution in [1.82, 2.24) is 4.98 Å². The number of hydrogen-bond acceptors (Lipinski definition) is 5. The molecular formula is C11H11NO4. The van der Waals surface area contributed by atoms with Gasteiger partial charge in [-0.25, -0.2) is 4.79 Å². The van der Waals surface area contributed by atoms with Gasteiger partial charge in [0.05, 0.1) is 14.2 Å². The van der Waals surface area contributed by atoms with Crippen molar-refractivity contribution in [2.45, 2.75) is 0 Å². The summed E-state index contributed by atoms with van der Waals surface area (Å²) in [6.07, 6.45) is 4.07. The first-order valence-corrected chi connectivity index (χ1v) is 4.47. The molecule has 0 aliphatic heterocycles. The van der Waals surface area contributed by atoms with Crippen LogP contribution in [0, 0.1) is 0 Å². The van der Waals surface area contributed by atoms with Gasteiger partial charge in [-0.2, -0.15) is 0 Å². The van der Waals surface area contributed by atoms with Crippen LogP contribution < -0.4 is 0 Å². The molecule has 0 aromatic carbocycles. The largest absolute Gasteiger partial charge is 0.490 e. The number of nitrogens with zero attached hydrogens (tertiary/aromatic N) is 1. The molecule has 0 aliphatic carbocycles. The molecule has 0 bridgehead atoms. The number of allylic oxidation sites excluding steroid dienone is 1. The van der Waals surface area contributed by atoms with Gasteiger partial charge in [-0.15, -0.1) is 0 Å². The molecule has 1 heterocycles. The quantitative estimate of drug-likeness (QED) is 0.328. The van der Waals surface area contributed by atoms with Gasteiger partial charge < -0.3 is 9.47 Å². The van der Waals surface area contributed by atoms with Crippen molar-refractivity contribution in [3.8, 4) is 0 Å². The van der Waals surface area contributed by atoms with E-state index in [2.05, 4.69) is 9.72 Å². The first-order valence-electron chi connectivity index (χ1n) is 4.47. The highest BCUT2D eigenvalue weighted by Crippen LogP contribution is 2.04. The molecule has 5 nitrogen and oxygen atoms in total. The molecule has 0 N–H and O–H groups in total. The second-order valence-corrected chi connectivity index (χ2v) is 2.80. The summed E-state index contributed by atoms with van der Waals surface area (Å²) in [5.41, 5.74) is 0.424. The van der Waals surface area contributed by atoms with Crippen LogP contribution in [0.2, 0.25) is 0 Å². The highest BCUT2D eigenvalue weighted by molar-refractivity contribution is 6.07. The van der Waals surface area contributed by atoms with Gasteiger partial charge in [0.25, 0.3) is 0 Å². The summed E-state index contributed by atoms with van der Waals surface area (Å²) in [5.74, 6) is -1.17. The van der Waals surface area contributed by atoms with Crippen LogP contribution in [0.3, 0.4) is 0 Å². The van der Waals surface area contributed by atoms with E-state index in [0.717, 1.165) is 6.08 Å². The van der Waals surface area contributed by atoms with Gasteiger partial charge in [0.1, 0.15) is 0 Å². The number of ether oxygens (including phenoxy) is 2. The van der Waals surface area contributed by atoms with Crippen LogP contribution in [0.25, 0.3) is 0 Å². The molecule has 84 valence electrons. The average Bonchev–Trinajstić information content (AvgIpc) is 2.35. The Bertz CT molecular complexity index is 411. The number of hydrogen-bond donors (Lipinski definition) is 0. The van der Waals surface area contributed by atoms with Crippen molar-refractivity contribution in [1.29, 1.82) is 0 Å². The normalized spacial score (nSPS) is 10.8. The number of pyridine rings is 1. The van der Waals surface area contributed by atoms with Gasteiger partial charge in [0, 0.05) is 24.0 Å². The predicted molar refractivity (Wildman–Crippen MR) is 55.7 cm³/mol. The molecule has 0 radical (unpaired) electrons. The molecule has 1 rings (SSSR count). The fraction of sp³-hybridized carbons (Fsp3) is 0.182. The van der Waals surface area contributed by atoms with Gasteiger partial charge in [-0.05, 0) is 12.1 Å². The van der Waals surface area contributed by atoms with E-state index < -0.39 is 5.97 Å². The van der Waals surface area contributed by atoms with Gasteiger partial charge >= 0.3 is 5.97 Å². The lowest BCUT2D eigenvalue weighted by atomic mass is 10.1. The van der Waals surface area contributed by atoms with Gasteiger partial charge in [0.15, 0.2) is 5.78 Å². The summed E-state index contributed by atoms with van der Waals surface area (Å²) in [4.78, 5) is 26.6. The topological polar surface area (TPSA) is 65.5 Å². The van der Waals surface area contributed by atoms with E-state index in [4.69, 9.17) is 4.74 Å². The summed E-state index contributed by atoms with van der Waals surface area (Å²) < 4.78 is 9.19. The van der Waals surface area contributed by atoms with Crippen LogP contribution in [-0.2, 0) is 14.3 Å². The average molecular weight is 221 g/mol. The molecule has 0 spiro atoms. The van der Waals surface area contributed by atoms with E-state index in [1.165, 1.54) is 26.6 Å². The fourth-order valence-electron chi connectivity index (χ4n) is 1.02. The fourth-order valence-corrected chi connectivity index (χ4v) is 1.02. The molecule has 0 aliphatic rings. The minimum Gasteiger partial charge on any atom is -0.490 e. The van der Waals surface area contributed by atoms with Crippen molar-refractivity contribution in [2.24, 2.45) is 0 Å². The van der Waals surface area contributed by atoms with Crippen molar-refractivity contribution < 1.29 is 19.1 Å². The van der Waals surface area contributed by atoms with Crippen LogP contribution >= 0.6 is 0 Å². The maximum Gasteiger partial charge on any atom is 0.373 e. The monoisotopic (exact) mass is 221 g/mol.